The average Bonchev–Trinajstić information content (AvgIpc) is 2.26. The van der Waals surface area contributed by atoms with Gasteiger partial charge >= 0.3 is 5.97 Å². The largest absolute Gasteiger partial charge is 0.478 e. The summed E-state index contributed by atoms with van der Waals surface area (Å²) in [4.78, 5) is 10.7. The summed E-state index contributed by atoms with van der Waals surface area (Å²) >= 11 is 0. The van der Waals surface area contributed by atoms with E-state index in [1.54, 1.807) is 0 Å². The fourth-order valence-corrected chi connectivity index (χ4v) is 1.29. The van der Waals surface area contributed by atoms with E-state index in [4.69, 9.17) is 15.9 Å². The first kappa shape index (κ1) is 12.4. The third-order valence-electron chi connectivity index (χ3n) is 2.12. The number of benzene rings is 1. The molecule has 0 heterocycles. The van der Waals surface area contributed by atoms with Crippen molar-refractivity contribution in [3.05, 3.63) is 29.3 Å². The maximum absolute atomic E-state index is 10.7. The van der Waals surface area contributed by atoms with Crippen LogP contribution < -0.4 is 5.73 Å². The van der Waals surface area contributed by atoms with Crippen LogP contribution in [0.2, 0.25) is 0 Å². The molecule has 0 aromatic heterocycles. The zero-order chi connectivity index (χ0) is 12.3. The smallest absolute Gasteiger partial charge is 0.335 e. The van der Waals surface area contributed by atoms with Gasteiger partial charge in [0.25, 0.3) is 0 Å². The number of nitrogens with two attached hydrogens (primary N) is 1. The van der Waals surface area contributed by atoms with Crippen LogP contribution >= 0.6 is 0 Å². The summed E-state index contributed by atoms with van der Waals surface area (Å²) in [5, 5.41) is 36.2. The summed E-state index contributed by atoms with van der Waals surface area (Å²) in [6.07, 6.45) is -2.74. The predicted molar refractivity (Wildman–Crippen MR) is 55.9 cm³/mol. The molecule has 0 radical (unpaired) electrons. The summed E-state index contributed by atoms with van der Waals surface area (Å²) in [6.45, 7) is -0.627. The minimum absolute atomic E-state index is 0.0841. The number of carboxylic acids is 1. The van der Waals surface area contributed by atoms with Crippen LogP contribution in [0.3, 0.4) is 0 Å². The van der Waals surface area contributed by atoms with Gasteiger partial charge in [0.2, 0.25) is 0 Å². The normalized spacial score (nSPS) is 14.4. The van der Waals surface area contributed by atoms with Crippen LogP contribution in [-0.4, -0.2) is 39.1 Å². The van der Waals surface area contributed by atoms with Crippen molar-refractivity contribution in [2.24, 2.45) is 0 Å². The van der Waals surface area contributed by atoms with Crippen molar-refractivity contribution in [3.8, 4) is 0 Å². The highest BCUT2D eigenvalue weighted by Gasteiger charge is 2.19. The van der Waals surface area contributed by atoms with Gasteiger partial charge in [-0.15, -0.1) is 0 Å². The van der Waals surface area contributed by atoms with Crippen LogP contribution in [0.1, 0.15) is 22.0 Å². The van der Waals surface area contributed by atoms with Crippen LogP contribution in [0, 0.1) is 0 Å². The van der Waals surface area contributed by atoms with Gasteiger partial charge in [-0.25, -0.2) is 4.79 Å². The Bertz CT molecular complexity index is 393. The van der Waals surface area contributed by atoms with Crippen molar-refractivity contribution in [1.82, 2.24) is 0 Å². The lowest BCUT2D eigenvalue weighted by molar-refractivity contribution is -0.0152. The SMILES string of the molecule is Nc1cc(C(=O)O)cc(C(O)C(O)CO)c1. The maximum Gasteiger partial charge on any atom is 0.335 e. The highest BCUT2D eigenvalue weighted by Crippen LogP contribution is 2.21. The summed E-state index contributed by atoms with van der Waals surface area (Å²) < 4.78 is 0. The lowest BCUT2D eigenvalue weighted by Gasteiger charge is -2.16. The van der Waals surface area contributed by atoms with Gasteiger partial charge in [-0.05, 0) is 23.8 Å². The maximum atomic E-state index is 10.7. The third kappa shape index (κ3) is 2.69. The molecule has 16 heavy (non-hydrogen) atoms. The molecule has 0 spiro atoms. The zero-order valence-electron chi connectivity index (χ0n) is 8.37. The van der Waals surface area contributed by atoms with Crippen LogP contribution in [0.25, 0.3) is 0 Å². The molecule has 1 aromatic rings. The van der Waals surface area contributed by atoms with Crippen molar-refractivity contribution >= 4 is 11.7 Å². The van der Waals surface area contributed by atoms with E-state index < -0.39 is 24.8 Å². The number of rotatable bonds is 4. The Morgan fingerprint density at radius 3 is 2.44 bits per heavy atom. The number of carboxylic acid groups (broad SMARTS) is 1. The van der Waals surface area contributed by atoms with Crippen molar-refractivity contribution in [2.75, 3.05) is 12.3 Å². The van der Waals surface area contributed by atoms with E-state index in [0.29, 0.717) is 0 Å². The molecule has 0 bridgehead atoms. The zero-order valence-corrected chi connectivity index (χ0v) is 8.37. The Kier molecular flexibility index (Phi) is 3.83. The Morgan fingerprint density at radius 1 is 1.31 bits per heavy atom. The quantitative estimate of drug-likeness (QED) is 0.435. The monoisotopic (exact) mass is 227 g/mol. The van der Waals surface area contributed by atoms with Gasteiger partial charge in [0.1, 0.15) is 12.2 Å². The summed E-state index contributed by atoms with van der Waals surface area (Å²) in [5.41, 5.74) is 5.69. The summed E-state index contributed by atoms with van der Waals surface area (Å²) in [7, 11) is 0. The van der Waals surface area contributed by atoms with Gasteiger partial charge in [0.15, 0.2) is 0 Å². The van der Waals surface area contributed by atoms with Gasteiger partial charge in [-0.3, -0.25) is 0 Å². The van der Waals surface area contributed by atoms with Crippen LogP contribution in [0.15, 0.2) is 18.2 Å². The van der Waals surface area contributed by atoms with E-state index in [-0.39, 0.29) is 16.8 Å². The Hall–Kier alpha value is -1.63. The molecule has 2 atom stereocenters. The van der Waals surface area contributed by atoms with Crippen molar-refractivity contribution in [3.63, 3.8) is 0 Å². The second kappa shape index (κ2) is 4.93. The molecule has 6 N–H and O–H groups in total. The van der Waals surface area contributed by atoms with Crippen molar-refractivity contribution < 1.29 is 25.2 Å². The number of hydrogen-bond donors (Lipinski definition) is 5. The topological polar surface area (TPSA) is 124 Å². The first-order chi connectivity index (χ1) is 7.45. The average molecular weight is 227 g/mol. The molecular formula is C10H13NO5. The Labute approximate surface area is 91.6 Å². The molecule has 2 unspecified atom stereocenters. The predicted octanol–water partition coefficient (Wildman–Crippen LogP) is -0.646. The Morgan fingerprint density at radius 2 is 1.94 bits per heavy atom. The van der Waals surface area contributed by atoms with Crippen LogP contribution in [-0.2, 0) is 0 Å². The number of aliphatic hydroxyl groups excluding tert-OH is 3. The number of carbonyl (C=O) groups is 1. The highest BCUT2D eigenvalue weighted by molar-refractivity contribution is 5.89. The number of aromatic carboxylic acids is 1. The fraction of sp³-hybridized carbons (Fsp3) is 0.300. The molecule has 88 valence electrons. The molecule has 0 aliphatic carbocycles. The molecule has 6 nitrogen and oxygen atoms in total. The molecule has 0 fully saturated rings. The van der Waals surface area contributed by atoms with E-state index in [9.17, 15) is 15.0 Å². The minimum Gasteiger partial charge on any atom is -0.478 e. The van der Waals surface area contributed by atoms with Crippen molar-refractivity contribution in [1.29, 1.82) is 0 Å². The van der Waals surface area contributed by atoms with E-state index in [1.807, 2.05) is 0 Å². The molecule has 0 saturated carbocycles. The molecule has 1 aromatic carbocycles. The van der Waals surface area contributed by atoms with E-state index >= 15 is 0 Å². The molecule has 0 saturated heterocycles. The van der Waals surface area contributed by atoms with Gasteiger partial charge in [-0.1, -0.05) is 0 Å². The standard InChI is InChI=1S/C10H13NO5/c11-7-2-5(9(14)8(13)4-12)1-6(3-7)10(15)16/h1-3,8-9,12-14H,4,11H2,(H,15,16). The summed E-state index contributed by atoms with van der Waals surface area (Å²) in [5.74, 6) is -1.18. The van der Waals surface area contributed by atoms with E-state index in [2.05, 4.69) is 0 Å². The number of anilines is 1. The van der Waals surface area contributed by atoms with Gasteiger partial charge < -0.3 is 26.2 Å². The highest BCUT2D eigenvalue weighted by atomic mass is 16.4. The molecule has 6 heteroatoms. The molecular weight excluding hydrogens is 214 g/mol. The molecule has 0 aliphatic heterocycles. The molecule has 1 rings (SSSR count). The second-order valence-electron chi connectivity index (χ2n) is 3.39. The molecule has 0 aliphatic rings. The van der Waals surface area contributed by atoms with E-state index in [0.717, 1.165) is 0 Å². The summed E-state index contributed by atoms with van der Waals surface area (Å²) in [6, 6.07) is 3.78. The number of aliphatic hydroxyl groups is 3. The number of nitrogen functional groups attached to an aromatic ring is 1. The van der Waals surface area contributed by atoms with E-state index in [1.165, 1.54) is 18.2 Å². The molecule has 0 amide bonds. The van der Waals surface area contributed by atoms with Crippen LogP contribution in [0.4, 0.5) is 5.69 Å². The van der Waals surface area contributed by atoms with Crippen molar-refractivity contribution in [2.45, 2.75) is 12.2 Å². The first-order valence-electron chi connectivity index (χ1n) is 4.56. The van der Waals surface area contributed by atoms with Gasteiger partial charge in [-0.2, -0.15) is 0 Å². The second-order valence-corrected chi connectivity index (χ2v) is 3.39. The fourth-order valence-electron chi connectivity index (χ4n) is 1.29. The Balaban J connectivity index is 3.09. The number of hydrogen-bond acceptors (Lipinski definition) is 5. The third-order valence-corrected chi connectivity index (χ3v) is 2.12. The minimum atomic E-state index is -1.37. The first-order valence-corrected chi connectivity index (χ1v) is 4.56. The van der Waals surface area contributed by atoms with Crippen LogP contribution in [0.5, 0.6) is 0 Å². The lowest BCUT2D eigenvalue weighted by Crippen LogP contribution is -2.22. The van der Waals surface area contributed by atoms with Gasteiger partial charge in [0, 0.05) is 5.69 Å². The van der Waals surface area contributed by atoms with Gasteiger partial charge in [0.05, 0.1) is 12.2 Å². The lowest BCUT2D eigenvalue weighted by atomic mass is 10.0.